The number of rotatable bonds is 4. The van der Waals surface area contributed by atoms with Crippen LogP contribution >= 0.6 is 0 Å². The highest BCUT2D eigenvalue weighted by Gasteiger charge is 2.57. The number of alkyl halides is 9. The molecule has 0 atom stereocenters. The molecule has 0 amide bonds. The lowest BCUT2D eigenvalue weighted by atomic mass is 10.2. The van der Waals surface area contributed by atoms with Gasteiger partial charge < -0.3 is 9.17 Å². The van der Waals surface area contributed by atoms with Gasteiger partial charge in [0.05, 0.1) is 0 Å². The van der Waals surface area contributed by atoms with Crippen molar-refractivity contribution < 1.29 is 72.6 Å². The van der Waals surface area contributed by atoms with Gasteiger partial charge in [-0.3, -0.25) is 4.79 Å². The summed E-state index contributed by atoms with van der Waals surface area (Å²) in [5.41, 5.74) is -15.1. The zero-order valence-corrected chi connectivity index (χ0v) is 22.5. The Hall–Kier alpha value is -2.92. The van der Waals surface area contributed by atoms with Crippen molar-refractivity contribution in [1.82, 2.24) is 9.97 Å². The molecule has 0 spiro atoms. The fraction of sp³-hybridized carbons (Fsp3) is 0.412. The Morgan fingerprint density at radius 2 is 1.05 bits per heavy atom. The third kappa shape index (κ3) is 11.7. The van der Waals surface area contributed by atoms with Crippen LogP contribution in [0.2, 0.25) is 0 Å². The third-order valence-corrected chi connectivity index (χ3v) is 6.95. The minimum Gasteiger partial charge on any atom is -0.355 e. The molecule has 0 saturated carbocycles. The number of hydrogen-bond donors (Lipinski definition) is 1. The zero-order chi connectivity index (χ0) is 32.1. The lowest BCUT2D eigenvalue weighted by molar-refractivity contribution is -0.0586. The van der Waals surface area contributed by atoms with Gasteiger partial charge >= 0.3 is 46.9 Å². The minimum atomic E-state index is -6.85. The van der Waals surface area contributed by atoms with E-state index in [0.717, 1.165) is 17.3 Å². The lowest BCUT2D eigenvalue weighted by Crippen LogP contribution is -2.34. The molecule has 0 aliphatic rings. The monoisotopic (exact) mass is 660 g/mol. The maximum absolute atomic E-state index is 12.0. The van der Waals surface area contributed by atoms with Gasteiger partial charge in [-0.2, -0.15) is 64.8 Å². The molecule has 0 fully saturated rings. The molecule has 0 saturated heterocycles. The molecular formula is C17H17F9N2O9S3. The minimum absolute atomic E-state index is 0.0208. The standard InChI is InChI=1S/C8H8F3NO3S.C7H9NO.C2F6O5S2/c1-5-3-6(2)12-7(4-5)15-16(13,14)8(9,10)11;1-5-3-6(2)8-7(9)4-5;3-1(4,5)14(9,10)13-15(11,12)2(6,7)8/h3-4H,1-2H3;3-4H,1-2H3,(H,8,9);. The third-order valence-electron chi connectivity index (χ3n) is 3.42. The number of pyridine rings is 2. The Bertz CT molecular complexity index is 1480. The molecule has 40 heavy (non-hydrogen) atoms. The van der Waals surface area contributed by atoms with Gasteiger partial charge in [-0.15, -0.1) is 3.63 Å². The molecule has 2 rings (SSSR count). The van der Waals surface area contributed by atoms with Crippen molar-refractivity contribution in [3.05, 3.63) is 57.1 Å². The number of aryl methyl sites for hydroxylation is 4. The van der Waals surface area contributed by atoms with Gasteiger partial charge in [0, 0.05) is 23.5 Å². The van der Waals surface area contributed by atoms with Crippen LogP contribution in [0.3, 0.4) is 0 Å². The van der Waals surface area contributed by atoms with Crippen molar-refractivity contribution in [2.75, 3.05) is 0 Å². The number of aromatic amines is 1. The summed E-state index contributed by atoms with van der Waals surface area (Å²) in [6, 6.07) is 6.19. The number of aromatic nitrogens is 2. The number of H-pyrrole nitrogens is 1. The van der Waals surface area contributed by atoms with E-state index in [0.29, 0.717) is 11.3 Å². The molecule has 0 aromatic carbocycles. The second-order valence-corrected chi connectivity index (χ2v) is 12.0. The molecule has 2 heterocycles. The molecule has 2 aromatic heterocycles. The molecule has 2 aromatic rings. The van der Waals surface area contributed by atoms with Gasteiger partial charge in [0.2, 0.25) is 11.4 Å². The van der Waals surface area contributed by atoms with E-state index in [4.69, 9.17) is 0 Å². The van der Waals surface area contributed by atoms with Crippen molar-refractivity contribution >= 4 is 30.4 Å². The largest absolute Gasteiger partial charge is 0.534 e. The first kappa shape index (κ1) is 37.1. The maximum atomic E-state index is 12.0. The molecule has 11 nitrogen and oxygen atoms in total. The summed E-state index contributed by atoms with van der Waals surface area (Å²) < 4.78 is 171. The van der Waals surface area contributed by atoms with Gasteiger partial charge in [0.15, 0.2) is 0 Å². The first-order valence-corrected chi connectivity index (χ1v) is 13.7. The smallest absolute Gasteiger partial charge is 0.355 e. The van der Waals surface area contributed by atoms with Crippen molar-refractivity contribution in [3.63, 3.8) is 0 Å². The van der Waals surface area contributed by atoms with Gasteiger partial charge in [0.1, 0.15) is 0 Å². The van der Waals surface area contributed by atoms with Crippen LogP contribution in [0.15, 0.2) is 29.1 Å². The predicted molar refractivity (Wildman–Crippen MR) is 117 cm³/mol. The highest BCUT2D eigenvalue weighted by molar-refractivity contribution is 8.00. The Morgan fingerprint density at radius 1 is 0.650 bits per heavy atom. The summed E-state index contributed by atoms with van der Waals surface area (Å²) in [5, 5.41) is 0. The van der Waals surface area contributed by atoms with E-state index in [2.05, 4.69) is 14.2 Å². The average molecular weight is 661 g/mol. The zero-order valence-electron chi connectivity index (χ0n) is 20.1. The lowest BCUT2D eigenvalue weighted by Gasteiger charge is -2.09. The Kier molecular flexibility index (Phi) is 11.8. The molecular weight excluding hydrogens is 643 g/mol. The summed E-state index contributed by atoms with van der Waals surface area (Å²) in [7, 11) is -19.3. The fourth-order valence-corrected chi connectivity index (χ4v) is 4.02. The molecule has 0 radical (unpaired) electrons. The molecule has 230 valence electrons. The predicted octanol–water partition coefficient (Wildman–Crippen LogP) is 3.62. The summed E-state index contributed by atoms with van der Waals surface area (Å²) in [6.07, 6.45) is 0. The normalized spacial score (nSPS) is 12.9. The number of nitrogens with zero attached hydrogens (tertiary/aromatic N) is 1. The summed E-state index contributed by atoms with van der Waals surface area (Å²) >= 11 is 0. The number of halogens is 9. The Balaban J connectivity index is 0.000000592. The van der Waals surface area contributed by atoms with Crippen molar-refractivity contribution in [2.24, 2.45) is 0 Å². The molecule has 0 aliphatic heterocycles. The average Bonchev–Trinajstić information content (AvgIpc) is 2.63. The van der Waals surface area contributed by atoms with Crippen molar-refractivity contribution in [1.29, 1.82) is 0 Å². The van der Waals surface area contributed by atoms with E-state index >= 15 is 0 Å². The highest BCUT2D eigenvalue weighted by atomic mass is 32.3. The van der Waals surface area contributed by atoms with E-state index in [9.17, 15) is 69.6 Å². The van der Waals surface area contributed by atoms with E-state index in [1.807, 2.05) is 23.5 Å². The SMILES string of the molecule is Cc1cc(C)[nH]c(=O)c1.Cc1cc(C)nc(OS(=O)(=O)C(F)(F)F)c1.O=S(=O)(OS(=O)(=O)C(F)(F)F)C(F)(F)F. The van der Waals surface area contributed by atoms with Gasteiger partial charge in [-0.05, 0) is 51.0 Å². The first-order valence-electron chi connectivity index (χ1n) is 9.48. The van der Waals surface area contributed by atoms with Gasteiger partial charge in [0.25, 0.3) is 0 Å². The molecule has 0 aliphatic carbocycles. The van der Waals surface area contributed by atoms with Crippen LogP contribution in [0.5, 0.6) is 5.88 Å². The first-order chi connectivity index (χ1) is 17.5. The van der Waals surface area contributed by atoms with E-state index in [1.165, 1.54) is 6.92 Å². The van der Waals surface area contributed by atoms with Crippen LogP contribution in [0, 0.1) is 27.7 Å². The quantitative estimate of drug-likeness (QED) is 0.291. The van der Waals surface area contributed by atoms with Crippen LogP contribution in [-0.4, -0.2) is 51.7 Å². The van der Waals surface area contributed by atoms with Crippen LogP contribution in [0.4, 0.5) is 39.5 Å². The molecule has 0 bridgehead atoms. The highest BCUT2D eigenvalue weighted by Crippen LogP contribution is 2.32. The molecule has 0 unspecified atom stereocenters. The summed E-state index contributed by atoms with van der Waals surface area (Å²) in [5.74, 6) is -0.588. The fourth-order valence-electron chi connectivity index (χ4n) is 2.06. The topological polar surface area (TPSA) is 167 Å². The Labute approximate surface area is 220 Å². The second-order valence-electron chi connectivity index (χ2n) is 7.18. The van der Waals surface area contributed by atoms with Gasteiger partial charge in [-0.25, -0.2) is 4.98 Å². The second kappa shape index (κ2) is 12.7. The van der Waals surface area contributed by atoms with E-state index < -0.39 is 52.8 Å². The van der Waals surface area contributed by atoms with E-state index in [-0.39, 0.29) is 5.56 Å². The van der Waals surface area contributed by atoms with Crippen LogP contribution in [0.1, 0.15) is 22.5 Å². The molecule has 23 heteroatoms. The van der Waals surface area contributed by atoms with Crippen molar-refractivity contribution in [2.45, 2.75) is 44.2 Å². The molecule has 1 N–H and O–H groups in total. The van der Waals surface area contributed by atoms with Crippen molar-refractivity contribution in [3.8, 4) is 5.88 Å². The summed E-state index contributed by atoms with van der Waals surface area (Å²) in [4.78, 5) is 16.8. The number of hydrogen-bond acceptors (Lipinski definition) is 10. The van der Waals surface area contributed by atoms with Crippen LogP contribution < -0.4 is 9.74 Å². The number of nitrogens with one attached hydrogen (secondary N) is 1. The summed E-state index contributed by atoms with van der Waals surface area (Å²) in [6.45, 7) is 6.87. The van der Waals surface area contributed by atoms with E-state index in [1.54, 1.807) is 19.1 Å². The van der Waals surface area contributed by atoms with Gasteiger partial charge in [-0.1, -0.05) is 0 Å². The van der Waals surface area contributed by atoms with Crippen LogP contribution in [0.25, 0.3) is 0 Å². The van der Waals surface area contributed by atoms with Crippen LogP contribution in [-0.2, 0) is 34.0 Å². The Morgan fingerprint density at radius 3 is 1.38 bits per heavy atom. The maximum Gasteiger partial charge on any atom is 0.534 e.